The SMILES string of the molecule is NC12C=CC=CC1CN(c1c(F)cc3c(=O)c(C(=O)O)cn(C4CC4)c3c1F)C2.O=C(O)c1cn(C2CC2)c2c(F)c(F)c(F)cc2c1=O. The summed E-state index contributed by atoms with van der Waals surface area (Å²) in [5.41, 5.74) is 2.06. The van der Waals surface area contributed by atoms with Crippen LogP contribution in [0.3, 0.4) is 0 Å². The molecule has 0 spiro atoms. The number of fused-ring (bicyclic) bond motifs is 3. The Morgan fingerprint density at radius 1 is 0.755 bits per heavy atom. The van der Waals surface area contributed by atoms with Crippen LogP contribution in [0.2, 0.25) is 0 Å². The molecule has 8 rings (SSSR count). The van der Waals surface area contributed by atoms with Crippen molar-refractivity contribution >= 4 is 39.4 Å². The van der Waals surface area contributed by atoms with Gasteiger partial charge < -0.3 is 30.0 Å². The maximum absolute atomic E-state index is 15.7. The number of rotatable bonds is 5. The molecule has 2 aromatic carbocycles. The van der Waals surface area contributed by atoms with E-state index in [-0.39, 0.29) is 46.7 Å². The van der Waals surface area contributed by atoms with E-state index in [1.165, 1.54) is 15.3 Å². The molecule has 4 aromatic rings. The van der Waals surface area contributed by atoms with Crippen LogP contribution in [0.4, 0.5) is 27.6 Å². The lowest BCUT2D eigenvalue weighted by atomic mass is 9.85. The average molecular weight is 683 g/mol. The lowest BCUT2D eigenvalue weighted by Gasteiger charge is -2.27. The van der Waals surface area contributed by atoms with Gasteiger partial charge in [0.2, 0.25) is 10.9 Å². The van der Waals surface area contributed by atoms with Gasteiger partial charge in [0, 0.05) is 43.5 Å². The van der Waals surface area contributed by atoms with E-state index in [1.54, 1.807) is 4.90 Å². The normalized spacial score (nSPS) is 21.2. The predicted molar refractivity (Wildman–Crippen MR) is 168 cm³/mol. The van der Waals surface area contributed by atoms with Crippen molar-refractivity contribution in [3.63, 3.8) is 0 Å². The van der Waals surface area contributed by atoms with Crippen LogP contribution in [0.25, 0.3) is 21.8 Å². The molecule has 15 heteroatoms. The van der Waals surface area contributed by atoms with E-state index in [2.05, 4.69) is 0 Å². The first-order valence-electron chi connectivity index (χ1n) is 15.4. The van der Waals surface area contributed by atoms with Gasteiger partial charge in [-0.1, -0.05) is 24.3 Å². The van der Waals surface area contributed by atoms with Gasteiger partial charge in [-0.2, -0.15) is 0 Å². The van der Waals surface area contributed by atoms with Crippen LogP contribution >= 0.6 is 0 Å². The van der Waals surface area contributed by atoms with Crippen LogP contribution < -0.4 is 21.5 Å². The summed E-state index contributed by atoms with van der Waals surface area (Å²) in [6.07, 6.45) is 12.4. The van der Waals surface area contributed by atoms with Crippen molar-refractivity contribution < 1.29 is 41.8 Å². The minimum atomic E-state index is -1.67. The number of benzene rings is 2. The van der Waals surface area contributed by atoms with Crippen LogP contribution in [-0.2, 0) is 0 Å². The Morgan fingerprint density at radius 2 is 1.27 bits per heavy atom. The van der Waals surface area contributed by atoms with Gasteiger partial charge in [-0.3, -0.25) is 9.59 Å². The molecule has 3 heterocycles. The Bertz CT molecular complexity index is 2310. The molecule has 4 N–H and O–H groups in total. The molecule has 2 atom stereocenters. The number of carboxylic acids is 2. The van der Waals surface area contributed by atoms with E-state index >= 15 is 8.78 Å². The molecule has 2 saturated carbocycles. The number of nitrogens with two attached hydrogens (primary N) is 1. The number of halogens is 5. The Morgan fingerprint density at radius 3 is 1.76 bits per heavy atom. The summed E-state index contributed by atoms with van der Waals surface area (Å²) in [4.78, 5) is 48.6. The topological polar surface area (TPSA) is 148 Å². The number of allylic oxidation sites excluding steroid dienone is 2. The predicted octanol–water partition coefficient (Wildman–Crippen LogP) is 5.02. The minimum absolute atomic E-state index is 0.0501. The van der Waals surface area contributed by atoms with Crippen LogP contribution in [0.15, 0.2) is 58.4 Å². The number of carboxylic acid groups (broad SMARTS) is 2. The highest BCUT2D eigenvalue weighted by Gasteiger charge is 2.43. The highest BCUT2D eigenvalue weighted by Crippen LogP contribution is 2.42. The fraction of sp³-hybridized carbons (Fsp3) is 0.294. The van der Waals surface area contributed by atoms with Crippen molar-refractivity contribution in [2.45, 2.75) is 43.3 Å². The standard InChI is InChI=1S/C21H19F2N3O3.C13H8F3NO3/c22-15-7-13-17(26(12-4-5-12)9-14(19(13)27)20(28)29)16(23)18(15)25-8-11-3-1-2-6-21(11,24)10-25;14-8-3-6-11(10(16)9(8)15)17(5-1-2-5)4-7(12(6)18)13(19)20/h1-3,6-7,9,11-12H,4-5,8,10,24H2,(H,28,29);3-5H,1-2H2,(H,19,20). The Kier molecular flexibility index (Phi) is 7.50. The minimum Gasteiger partial charge on any atom is -0.477 e. The first-order valence-corrected chi connectivity index (χ1v) is 15.4. The van der Waals surface area contributed by atoms with Crippen molar-refractivity contribution in [3.8, 4) is 0 Å². The molecule has 0 radical (unpaired) electrons. The van der Waals surface area contributed by atoms with Crippen molar-refractivity contribution in [3.05, 3.63) is 109 Å². The number of nitrogens with zero attached hydrogens (tertiary/aromatic N) is 3. The quantitative estimate of drug-likeness (QED) is 0.196. The molecule has 1 saturated heterocycles. The van der Waals surface area contributed by atoms with E-state index in [9.17, 15) is 37.5 Å². The van der Waals surface area contributed by atoms with Crippen LogP contribution in [0.1, 0.15) is 58.5 Å². The first-order chi connectivity index (χ1) is 23.2. The molecular formula is C34H27F5N4O6. The maximum atomic E-state index is 15.7. The summed E-state index contributed by atoms with van der Waals surface area (Å²) in [7, 11) is 0. The molecule has 1 aliphatic heterocycles. The number of hydrogen-bond donors (Lipinski definition) is 3. The van der Waals surface area contributed by atoms with Gasteiger partial charge in [0.1, 0.15) is 22.6 Å². The van der Waals surface area contributed by atoms with Gasteiger partial charge in [-0.05, 0) is 37.8 Å². The third-order valence-electron chi connectivity index (χ3n) is 9.43. The molecule has 0 bridgehead atoms. The summed E-state index contributed by atoms with van der Waals surface area (Å²) >= 11 is 0. The number of hydrogen-bond acceptors (Lipinski definition) is 6. The summed E-state index contributed by atoms with van der Waals surface area (Å²) in [5, 5.41) is 17.6. The third-order valence-corrected chi connectivity index (χ3v) is 9.43. The molecule has 4 aliphatic rings. The van der Waals surface area contributed by atoms with E-state index in [1.807, 2.05) is 24.3 Å². The molecule has 2 unspecified atom stereocenters. The van der Waals surface area contributed by atoms with Crippen molar-refractivity contribution in [2.24, 2.45) is 11.7 Å². The zero-order chi connectivity index (χ0) is 35.1. The molecular weight excluding hydrogens is 655 g/mol. The van der Waals surface area contributed by atoms with Gasteiger partial charge >= 0.3 is 11.9 Å². The van der Waals surface area contributed by atoms with Gasteiger partial charge in [-0.25, -0.2) is 31.5 Å². The Balaban J connectivity index is 0.000000166. The number of carbonyl (C=O) groups is 2. The summed E-state index contributed by atoms with van der Waals surface area (Å²) in [6.45, 7) is 0.580. The van der Waals surface area contributed by atoms with Gasteiger partial charge in [0.15, 0.2) is 23.3 Å². The Hall–Kier alpha value is -5.31. The van der Waals surface area contributed by atoms with Crippen LogP contribution in [-0.4, -0.2) is 49.9 Å². The van der Waals surface area contributed by atoms with Crippen LogP contribution in [0.5, 0.6) is 0 Å². The molecule has 3 aliphatic carbocycles. The molecule has 254 valence electrons. The molecule has 49 heavy (non-hydrogen) atoms. The molecule has 0 amide bonds. The zero-order valence-corrected chi connectivity index (χ0v) is 25.4. The fourth-order valence-corrected chi connectivity index (χ4v) is 6.67. The van der Waals surface area contributed by atoms with Crippen LogP contribution in [0, 0.1) is 35.0 Å². The largest absolute Gasteiger partial charge is 0.477 e. The van der Waals surface area contributed by atoms with Crippen molar-refractivity contribution in [1.29, 1.82) is 0 Å². The molecule has 10 nitrogen and oxygen atoms in total. The molecule has 2 aromatic heterocycles. The average Bonchev–Trinajstić information content (AvgIpc) is 3.98. The second-order valence-corrected chi connectivity index (χ2v) is 12.8. The highest BCUT2D eigenvalue weighted by molar-refractivity contribution is 5.94. The second-order valence-electron chi connectivity index (χ2n) is 12.8. The number of aromatic carboxylic acids is 2. The van der Waals surface area contributed by atoms with E-state index in [0.29, 0.717) is 25.5 Å². The third kappa shape index (κ3) is 5.28. The number of anilines is 1. The first kappa shape index (κ1) is 32.2. The summed E-state index contributed by atoms with van der Waals surface area (Å²) in [5.74, 6) is -9.39. The van der Waals surface area contributed by atoms with Crippen molar-refractivity contribution in [1.82, 2.24) is 9.13 Å². The zero-order valence-electron chi connectivity index (χ0n) is 25.4. The molecule has 3 fully saturated rings. The lowest BCUT2D eigenvalue weighted by molar-refractivity contribution is 0.0684. The number of pyridine rings is 2. The highest BCUT2D eigenvalue weighted by atomic mass is 19.2. The van der Waals surface area contributed by atoms with E-state index < -0.39 is 73.9 Å². The summed E-state index contributed by atoms with van der Waals surface area (Å²) < 4.78 is 73.9. The van der Waals surface area contributed by atoms with E-state index in [4.69, 9.17) is 10.8 Å². The van der Waals surface area contributed by atoms with E-state index in [0.717, 1.165) is 25.1 Å². The fourth-order valence-electron chi connectivity index (χ4n) is 6.67. The smallest absolute Gasteiger partial charge is 0.341 e. The van der Waals surface area contributed by atoms with Crippen molar-refractivity contribution in [2.75, 3.05) is 18.0 Å². The lowest BCUT2D eigenvalue weighted by Crippen LogP contribution is -2.46. The second kappa shape index (κ2) is 11.4. The number of aromatic nitrogens is 2. The van der Waals surface area contributed by atoms with Gasteiger partial charge in [-0.15, -0.1) is 0 Å². The monoisotopic (exact) mass is 682 g/mol. The summed E-state index contributed by atoms with van der Waals surface area (Å²) in [6, 6.07) is 1.20. The van der Waals surface area contributed by atoms with Gasteiger partial charge in [0.05, 0.1) is 27.3 Å². The maximum Gasteiger partial charge on any atom is 0.341 e. The Labute approximate surface area is 272 Å². The van der Waals surface area contributed by atoms with Gasteiger partial charge in [0.25, 0.3) is 0 Å².